The van der Waals surface area contributed by atoms with Gasteiger partial charge in [-0.25, -0.2) is 0 Å². The van der Waals surface area contributed by atoms with E-state index in [0.717, 1.165) is 0 Å². The van der Waals surface area contributed by atoms with Gasteiger partial charge in [0.25, 0.3) is 0 Å². The smallest absolute Gasteiger partial charge is 0.120 e. The number of hydrogen-bond donors (Lipinski definition) is 1. The van der Waals surface area contributed by atoms with E-state index in [1.54, 1.807) is 6.92 Å². The lowest BCUT2D eigenvalue weighted by atomic mass is 10.7. The molecule has 0 aromatic heterocycles. The van der Waals surface area contributed by atoms with Gasteiger partial charge >= 0.3 is 0 Å². The van der Waals surface area contributed by atoms with Crippen LogP contribution >= 0.6 is 0 Å². The fourth-order valence-corrected chi connectivity index (χ4v) is 0.171. The number of nitrogens with zero attached hydrogens (tertiary/aromatic N) is 4. The number of rotatable bonds is 2. The Bertz CT molecular complexity index is 127. The van der Waals surface area contributed by atoms with E-state index in [9.17, 15) is 0 Å². The van der Waals surface area contributed by atoms with E-state index in [1.807, 2.05) is 0 Å². The Hall–Kier alpha value is -1.22. The van der Waals surface area contributed by atoms with Crippen LogP contribution in [0, 0.1) is 0 Å². The standard InChI is InChI=1S/C3H7N5/c1-3(4)6-2-7-8-5/h2H2,1H3,(H2,4,6). The van der Waals surface area contributed by atoms with Crippen LogP contribution in [0.15, 0.2) is 10.1 Å². The van der Waals surface area contributed by atoms with Gasteiger partial charge in [0.2, 0.25) is 0 Å². The summed E-state index contributed by atoms with van der Waals surface area (Å²) in [5.74, 6) is 0.428. The van der Waals surface area contributed by atoms with Crippen LogP contribution in [-0.4, -0.2) is 12.5 Å². The lowest BCUT2D eigenvalue weighted by Crippen LogP contribution is -2.04. The van der Waals surface area contributed by atoms with E-state index in [-0.39, 0.29) is 6.67 Å². The number of azide groups is 1. The highest BCUT2D eigenvalue weighted by molar-refractivity contribution is 5.77. The minimum absolute atomic E-state index is 0.0961. The lowest BCUT2D eigenvalue weighted by Gasteiger charge is -1.82. The van der Waals surface area contributed by atoms with Gasteiger partial charge in [0.1, 0.15) is 6.67 Å². The largest absolute Gasteiger partial charge is 0.388 e. The Morgan fingerprint density at radius 3 is 2.88 bits per heavy atom. The van der Waals surface area contributed by atoms with Crippen molar-refractivity contribution in [2.75, 3.05) is 6.67 Å². The Balaban J connectivity index is 3.44. The molecule has 44 valence electrons. The van der Waals surface area contributed by atoms with E-state index in [0.29, 0.717) is 5.84 Å². The Morgan fingerprint density at radius 2 is 2.50 bits per heavy atom. The topological polar surface area (TPSA) is 87.1 Å². The summed E-state index contributed by atoms with van der Waals surface area (Å²) in [6, 6.07) is 0. The molecule has 0 unspecified atom stereocenters. The SMILES string of the molecule is CC(N)=NCN=[N+]=[N-]. The maximum absolute atomic E-state index is 7.73. The summed E-state index contributed by atoms with van der Waals surface area (Å²) >= 11 is 0. The van der Waals surface area contributed by atoms with E-state index in [2.05, 4.69) is 15.0 Å². The first-order chi connectivity index (χ1) is 3.77. The van der Waals surface area contributed by atoms with Gasteiger partial charge in [-0.2, -0.15) is 0 Å². The first kappa shape index (κ1) is 6.78. The van der Waals surface area contributed by atoms with E-state index in [4.69, 9.17) is 11.3 Å². The molecule has 0 saturated carbocycles. The van der Waals surface area contributed by atoms with Crippen LogP contribution in [0.1, 0.15) is 6.92 Å². The van der Waals surface area contributed by atoms with Crippen molar-refractivity contribution in [3.8, 4) is 0 Å². The van der Waals surface area contributed by atoms with Crippen molar-refractivity contribution in [1.82, 2.24) is 0 Å². The van der Waals surface area contributed by atoms with E-state index >= 15 is 0 Å². The molecule has 0 fully saturated rings. The van der Waals surface area contributed by atoms with Crippen molar-refractivity contribution < 1.29 is 0 Å². The highest BCUT2D eigenvalue weighted by atomic mass is 15.2. The third kappa shape index (κ3) is 4.78. The van der Waals surface area contributed by atoms with Crippen LogP contribution in [0.25, 0.3) is 10.4 Å². The first-order valence-corrected chi connectivity index (χ1v) is 2.04. The summed E-state index contributed by atoms with van der Waals surface area (Å²) in [4.78, 5) is 6.06. The van der Waals surface area contributed by atoms with Crippen molar-refractivity contribution in [2.24, 2.45) is 15.8 Å². The predicted molar refractivity (Wildman–Crippen MR) is 31.3 cm³/mol. The van der Waals surface area contributed by atoms with Gasteiger partial charge in [0.15, 0.2) is 0 Å². The maximum atomic E-state index is 7.73. The molecule has 0 aromatic carbocycles. The molecule has 0 atom stereocenters. The number of nitrogens with two attached hydrogens (primary N) is 1. The summed E-state index contributed by atoms with van der Waals surface area (Å²) < 4.78 is 0. The third-order valence-corrected chi connectivity index (χ3v) is 0.447. The summed E-state index contributed by atoms with van der Waals surface area (Å²) in [6.45, 7) is 1.73. The molecule has 0 amide bonds. The molecular weight excluding hydrogens is 106 g/mol. The molecule has 0 aliphatic rings. The van der Waals surface area contributed by atoms with Gasteiger partial charge < -0.3 is 5.73 Å². The molecule has 0 bridgehead atoms. The predicted octanol–water partition coefficient (Wildman–Crippen LogP) is 0.631. The zero-order chi connectivity index (χ0) is 6.41. The van der Waals surface area contributed by atoms with Crippen molar-refractivity contribution in [2.45, 2.75) is 6.92 Å². The molecule has 0 aromatic rings. The van der Waals surface area contributed by atoms with Gasteiger partial charge in [-0.1, -0.05) is 5.11 Å². The van der Waals surface area contributed by atoms with Crippen LogP contribution in [0.5, 0.6) is 0 Å². The fraction of sp³-hybridized carbons (Fsp3) is 0.667. The second-order valence-electron chi connectivity index (χ2n) is 1.17. The molecule has 0 aliphatic heterocycles. The highest BCUT2D eigenvalue weighted by Crippen LogP contribution is 1.72. The third-order valence-electron chi connectivity index (χ3n) is 0.447. The normalized spacial score (nSPS) is 10.4. The molecule has 0 radical (unpaired) electrons. The Morgan fingerprint density at radius 1 is 1.88 bits per heavy atom. The van der Waals surface area contributed by atoms with Crippen LogP contribution < -0.4 is 5.73 Å². The summed E-state index contributed by atoms with van der Waals surface area (Å²) in [5.41, 5.74) is 12.8. The maximum Gasteiger partial charge on any atom is 0.120 e. The average Bonchev–Trinajstić information content (AvgIpc) is 1.66. The van der Waals surface area contributed by atoms with Crippen LogP contribution in [0.4, 0.5) is 0 Å². The van der Waals surface area contributed by atoms with Gasteiger partial charge in [-0.05, 0) is 12.5 Å². The Labute approximate surface area is 46.8 Å². The van der Waals surface area contributed by atoms with Crippen LogP contribution in [-0.2, 0) is 0 Å². The molecule has 2 N–H and O–H groups in total. The minimum atomic E-state index is 0.0961. The number of hydrogen-bond acceptors (Lipinski definition) is 2. The second-order valence-corrected chi connectivity index (χ2v) is 1.17. The van der Waals surface area contributed by atoms with Crippen molar-refractivity contribution in [3.63, 3.8) is 0 Å². The van der Waals surface area contributed by atoms with Crippen LogP contribution in [0.3, 0.4) is 0 Å². The molecule has 5 heteroatoms. The molecule has 0 heterocycles. The number of amidine groups is 1. The molecule has 0 aliphatic carbocycles. The summed E-state index contributed by atoms with van der Waals surface area (Å²) in [6.07, 6.45) is 0. The summed E-state index contributed by atoms with van der Waals surface area (Å²) in [7, 11) is 0. The molecule has 8 heavy (non-hydrogen) atoms. The van der Waals surface area contributed by atoms with E-state index < -0.39 is 0 Å². The van der Waals surface area contributed by atoms with Gasteiger partial charge in [-0.15, -0.1) is 0 Å². The average molecular weight is 113 g/mol. The minimum Gasteiger partial charge on any atom is -0.388 e. The molecule has 5 nitrogen and oxygen atoms in total. The van der Waals surface area contributed by atoms with E-state index in [1.165, 1.54) is 0 Å². The molecular formula is C3H7N5. The van der Waals surface area contributed by atoms with Gasteiger partial charge in [0, 0.05) is 4.91 Å². The van der Waals surface area contributed by atoms with Crippen molar-refractivity contribution in [1.29, 1.82) is 0 Å². The van der Waals surface area contributed by atoms with Crippen molar-refractivity contribution in [3.05, 3.63) is 10.4 Å². The summed E-state index contributed by atoms with van der Waals surface area (Å²) in [5, 5.41) is 3.12. The quantitative estimate of drug-likeness (QED) is 0.184. The molecule has 0 spiro atoms. The highest BCUT2D eigenvalue weighted by Gasteiger charge is 1.72. The zero-order valence-corrected chi connectivity index (χ0v) is 4.57. The van der Waals surface area contributed by atoms with Gasteiger partial charge in [-0.3, -0.25) is 4.99 Å². The lowest BCUT2D eigenvalue weighted by molar-refractivity contribution is 1.04. The van der Waals surface area contributed by atoms with Gasteiger partial charge in [0.05, 0.1) is 5.84 Å². The number of aliphatic imine (C=N–C) groups is 1. The molecule has 0 rings (SSSR count). The van der Waals surface area contributed by atoms with Crippen LogP contribution in [0.2, 0.25) is 0 Å². The molecule has 0 saturated heterocycles. The zero-order valence-electron chi connectivity index (χ0n) is 4.57. The monoisotopic (exact) mass is 113 g/mol. The second kappa shape index (κ2) is 3.95. The first-order valence-electron chi connectivity index (χ1n) is 2.04. The van der Waals surface area contributed by atoms with Crippen molar-refractivity contribution >= 4 is 5.84 Å². The fourth-order valence-electron chi connectivity index (χ4n) is 0.171. The Kier molecular flexibility index (Phi) is 3.35.